The molecule has 0 saturated carbocycles. The Labute approximate surface area is 145 Å². The van der Waals surface area contributed by atoms with Gasteiger partial charge in [0, 0.05) is 23.7 Å². The van der Waals surface area contributed by atoms with E-state index in [1.165, 1.54) is 12.5 Å². The second-order valence-corrected chi connectivity index (χ2v) is 6.40. The van der Waals surface area contributed by atoms with E-state index in [1.807, 2.05) is 17.0 Å². The van der Waals surface area contributed by atoms with Crippen LogP contribution in [0.25, 0.3) is 11.1 Å². The third-order valence-corrected chi connectivity index (χ3v) is 4.47. The zero-order chi connectivity index (χ0) is 17.1. The number of amides is 1. The lowest BCUT2D eigenvalue weighted by molar-refractivity contribution is 0.0694. The van der Waals surface area contributed by atoms with Crippen LogP contribution in [-0.4, -0.2) is 35.0 Å². The summed E-state index contributed by atoms with van der Waals surface area (Å²) in [7, 11) is 0. The van der Waals surface area contributed by atoms with Crippen LogP contribution in [0.2, 0.25) is 5.02 Å². The van der Waals surface area contributed by atoms with Crippen LogP contribution in [0, 0.1) is 0 Å². The molecule has 5 heteroatoms. The molecule has 1 heterocycles. The number of aromatic carboxylic acids is 1. The summed E-state index contributed by atoms with van der Waals surface area (Å²) in [4.78, 5) is 25.5. The Bertz CT molecular complexity index is 765. The van der Waals surface area contributed by atoms with Gasteiger partial charge in [-0.05, 0) is 60.7 Å². The highest BCUT2D eigenvalue weighted by Gasteiger charge is 2.18. The Morgan fingerprint density at radius 3 is 2.17 bits per heavy atom. The molecule has 1 aliphatic heterocycles. The summed E-state index contributed by atoms with van der Waals surface area (Å²) in [6.07, 6.45) is 3.30. The summed E-state index contributed by atoms with van der Waals surface area (Å²) in [6, 6.07) is 11.9. The molecule has 2 aromatic rings. The Morgan fingerprint density at radius 1 is 0.875 bits per heavy atom. The molecule has 24 heavy (non-hydrogen) atoms. The summed E-state index contributed by atoms with van der Waals surface area (Å²) in [6.45, 7) is 1.63. The minimum Gasteiger partial charge on any atom is -0.478 e. The molecule has 2 aromatic carbocycles. The highest BCUT2D eigenvalue weighted by Crippen LogP contribution is 2.26. The number of hydrogen-bond acceptors (Lipinski definition) is 2. The molecule has 0 unspecified atom stereocenters. The van der Waals surface area contributed by atoms with Crippen LogP contribution in [0.4, 0.5) is 0 Å². The van der Waals surface area contributed by atoms with E-state index in [-0.39, 0.29) is 11.5 Å². The second-order valence-electron chi connectivity index (χ2n) is 5.96. The van der Waals surface area contributed by atoms with Gasteiger partial charge in [0.1, 0.15) is 0 Å². The number of carbonyl (C=O) groups excluding carboxylic acids is 1. The van der Waals surface area contributed by atoms with Crippen molar-refractivity contribution < 1.29 is 14.7 Å². The second kappa shape index (κ2) is 7.05. The van der Waals surface area contributed by atoms with Crippen molar-refractivity contribution in [2.75, 3.05) is 13.1 Å². The zero-order valence-electron chi connectivity index (χ0n) is 13.2. The van der Waals surface area contributed by atoms with Gasteiger partial charge in [-0.2, -0.15) is 0 Å². The summed E-state index contributed by atoms with van der Waals surface area (Å²) >= 11 is 6.00. The van der Waals surface area contributed by atoms with Crippen molar-refractivity contribution in [3.8, 4) is 11.1 Å². The molecule has 0 atom stereocenters. The summed E-state index contributed by atoms with van der Waals surface area (Å²) in [5, 5.41) is 9.51. The predicted molar refractivity (Wildman–Crippen MR) is 93.6 cm³/mol. The maximum absolute atomic E-state index is 12.5. The normalized spacial score (nSPS) is 14.5. The quantitative estimate of drug-likeness (QED) is 0.902. The van der Waals surface area contributed by atoms with E-state index < -0.39 is 5.97 Å². The minimum atomic E-state index is -1.02. The first kappa shape index (κ1) is 16.5. The lowest BCUT2D eigenvalue weighted by Crippen LogP contribution is -2.35. The smallest absolute Gasteiger partial charge is 0.335 e. The van der Waals surface area contributed by atoms with Crippen LogP contribution in [0.15, 0.2) is 42.5 Å². The molecule has 1 saturated heterocycles. The van der Waals surface area contributed by atoms with Crippen molar-refractivity contribution in [3.63, 3.8) is 0 Å². The van der Waals surface area contributed by atoms with Crippen molar-refractivity contribution in [2.45, 2.75) is 19.3 Å². The van der Waals surface area contributed by atoms with Crippen LogP contribution < -0.4 is 0 Å². The number of carboxylic acids is 1. The molecule has 1 fully saturated rings. The van der Waals surface area contributed by atoms with Gasteiger partial charge in [-0.25, -0.2) is 4.79 Å². The van der Waals surface area contributed by atoms with E-state index in [0.717, 1.165) is 37.1 Å². The molecule has 0 aromatic heterocycles. The van der Waals surface area contributed by atoms with Crippen molar-refractivity contribution in [1.82, 2.24) is 4.90 Å². The molecule has 0 bridgehead atoms. The molecule has 0 aliphatic carbocycles. The lowest BCUT2D eigenvalue weighted by Gasteiger charge is -2.26. The van der Waals surface area contributed by atoms with Gasteiger partial charge >= 0.3 is 5.97 Å². The molecule has 124 valence electrons. The largest absolute Gasteiger partial charge is 0.478 e. The number of piperidine rings is 1. The van der Waals surface area contributed by atoms with Gasteiger partial charge in [-0.1, -0.05) is 23.7 Å². The predicted octanol–water partition coefficient (Wildman–Crippen LogP) is 4.33. The molecule has 4 nitrogen and oxygen atoms in total. The Hall–Kier alpha value is -2.33. The van der Waals surface area contributed by atoms with E-state index in [0.29, 0.717) is 10.6 Å². The van der Waals surface area contributed by atoms with E-state index in [4.69, 9.17) is 16.7 Å². The van der Waals surface area contributed by atoms with Crippen molar-refractivity contribution in [1.29, 1.82) is 0 Å². The third-order valence-electron chi connectivity index (χ3n) is 4.25. The number of likely N-dealkylation sites (tertiary alicyclic amines) is 1. The van der Waals surface area contributed by atoms with E-state index in [1.54, 1.807) is 24.3 Å². The van der Waals surface area contributed by atoms with Gasteiger partial charge in [0.2, 0.25) is 0 Å². The highest BCUT2D eigenvalue weighted by molar-refractivity contribution is 6.31. The Morgan fingerprint density at radius 2 is 1.54 bits per heavy atom. The molecule has 0 radical (unpaired) electrons. The summed E-state index contributed by atoms with van der Waals surface area (Å²) < 4.78 is 0. The monoisotopic (exact) mass is 343 g/mol. The van der Waals surface area contributed by atoms with E-state index in [2.05, 4.69) is 0 Å². The maximum atomic E-state index is 12.5. The first-order chi connectivity index (χ1) is 11.5. The fraction of sp³-hybridized carbons (Fsp3) is 0.263. The number of rotatable bonds is 3. The number of hydrogen-bond donors (Lipinski definition) is 1. The number of benzene rings is 2. The Balaban J connectivity index is 1.84. The van der Waals surface area contributed by atoms with Crippen LogP contribution in [-0.2, 0) is 0 Å². The number of carbonyl (C=O) groups is 2. The van der Waals surface area contributed by atoms with Gasteiger partial charge in [-0.3, -0.25) is 4.79 Å². The van der Waals surface area contributed by atoms with Gasteiger partial charge in [0.15, 0.2) is 0 Å². The maximum Gasteiger partial charge on any atom is 0.335 e. The SMILES string of the molecule is O=C(O)c1cc(Cl)cc(-c2ccc(C(=O)N3CCCCC3)cc2)c1. The number of nitrogens with zero attached hydrogens (tertiary/aromatic N) is 1. The average Bonchev–Trinajstić information content (AvgIpc) is 2.61. The van der Waals surface area contributed by atoms with Crippen LogP contribution in [0.1, 0.15) is 40.0 Å². The van der Waals surface area contributed by atoms with Gasteiger partial charge in [0.05, 0.1) is 5.56 Å². The lowest BCUT2D eigenvalue weighted by atomic mass is 10.0. The van der Waals surface area contributed by atoms with Gasteiger partial charge in [-0.15, -0.1) is 0 Å². The van der Waals surface area contributed by atoms with Crippen molar-refractivity contribution in [3.05, 3.63) is 58.6 Å². The molecule has 0 spiro atoms. The standard InChI is InChI=1S/C19H18ClNO3/c20-17-11-15(10-16(12-17)19(23)24)13-4-6-14(7-5-13)18(22)21-8-2-1-3-9-21/h4-7,10-12H,1-3,8-9H2,(H,23,24). The first-order valence-corrected chi connectivity index (χ1v) is 8.36. The van der Waals surface area contributed by atoms with Crippen molar-refractivity contribution >= 4 is 23.5 Å². The molecule has 1 N–H and O–H groups in total. The third kappa shape index (κ3) is 3.60. The average molecular weight is 344 g/mol. The van der Waals surface area contributed by atoms with Gasteiger partial charge < -0.3 is 10.0 Å². The summed E-state index contributed by atoms with van der Waals surface area (Å²) in [5.74, 6) is -0.964. The summed E-state index contributed by atoms with van der Waals surface area (Å²) in [5.41, 5.74) is 2.35. The molecule has 1 amide bonds. The Kier molecular flexibility index (Phi) is 4.86. The van der Waals surface area contributed by atoms with Crippen LogP contribution in [0.5, 0.6) is 0 Å². The zero-order valence-corrected chi connectivity index (χ0v) is 13.9. The van der Waals surface area contributed by atoms with E-state index >= 15 is 0 Å². The van der Waals surface area contributed by atoms with Crippen LogP contribution >= 0.6 is 11.6 Å². The number of halogens is 1. The molecular weight excluding hydrogens is 326 g/mol. The first-order valence-electron chi connectivity index (χ1n) is 7.98. The fourth-order valence-electron chi connectivity index (χ4n) is 2.96. The van der Waals surface area contributed by atoms with Crippen LogP contribution in [0.3, 0.4) is 0 Å². The molecule has 1 aliphatic rings. The molecular formula is C19H18ClNO3. The minimum absolute atomic E-state index is 0.0542. The fourth-order valence-corrected chi connectivity index (χ4v) is 3.20. The van der Waals surface area contributed by atoms with Gasteiger partial charge in [0.25, 0.3) is 5.91 Å². The van der Waals surface area contributed by atoms with Crippen molar-refractivity contribution in [2.24, 2.45) is 0 Å². The number of carboxylic acid groups (broad SMARTS) is 1. The highest BCUT2D eigenvalue weighted by atomic mass is 35.5. The topological polar surface area (TPSA) is 57.6 Å². The van der Waals surface area contributed by atoms with E-state index in [9.17, 15) is 9.59 Å². The molecule has 3 rings (SSSR count).